The molecule has 1 heterocycles. The van der Waals surface area contributed by atoms with Gasteiger partial charge in [0.25, 0.3) is 17.7 Å². The van der Waals surface area contributed by atoms with Gasteiger partial charge < -0.3 is 14.6 Å². The minimum atomic E-state index is -1.74. The predicted octanol–water partition coefficient (Wildman–Crippen LogP) is 1.65. The zero-order valence-electron chi connectivity index (χ0n) is 20.2. The molecule has 2 aromatic rings. The molecule has 1 aliphatic heterocycles. The molecule has 3 N–H and O–H groups in total. The number of fused-ring (bicyclic) bond motifs is 1. The second-order valence-electron chi connectivity index (χ2n) is 8.04. The van der Waals surface area contributed by atoms with Crippen LogP contribution in [0, 0.1) is 11.8 Å². The van der Waals surface area contributed by atoms with Gasteiger partial charge >= 0.3 is 0 Å². The van der Waals surface area contributed by atoms with Crippen molar-refractivity contribution in [2.75, 3.05) is 19.7 Å². The van der Waals surface area contributed by atoms with E-state index in [0.29, 0.717) is 23.5 Å². The summed E-state index contributed by atoms with van der Waals surface area (Å²) in [6, 6.07) is 12.8. The quantitative estimate of drug-likeness (QED) is 0.0953. The van der Waals surface area contributed by atoms with Crippen LogP contribution in [0.4, 0.5) is 0 Å². The Morgan fingerprint density at radius 2 is 1.73 bits per heavy atom. The monoisotopic (exact) mass is 525 g/mol. The normalized spacial score (nSPS) is 13.8. The third kappa shape index (κ3) is 7.10. The Labute approximate surface area is 217 Å². The second kappa shape index (κ2) is 13.5. The fourth-order valence-corrected chi connectivity index (χ4v) is 5.06. The van der Waals surface area contributed by atoms with Gasteiger partial charge in [0.05, 0.1) is 11.1 Å². The second-order valence-corrected chi connectivity index (χ2v) is 9.67. The smallest absolute Gasteiger partial charge is 0.296 e. The number of nitrogens with one attached hydrogen (secondary N) is 2. The van der Waals surface area contributed by atoms with Gasteiger partial charge in [0, 0.05) is 13.0 Å². The van der Waals surface area contributed by atoms with Crippen molar-refractivity contribution < 1.29 is 33.7 Å². The largest absolute Gasteiger partial charge is 0.611 e. The molecule has 0 aromatic heterocycles. The third-order valence-corrected chi connectivity index (χ3v) is 7.30. The number of benzene rings is 2. The first-order valence-corrected chi connectivity index (χ1v) is 12.8. The van der Waals surface area contributed by atoms with Gasteiger partial charge in [-0.1, -0.05) is 18.1 Å². The number of rotatable bonds is 12. The number of ether oxygens (including phenoxy) is 1. The predicted molar refractivity (Wildman–Crippen MR) is 134 cm³/mol. The Kier molecular flexibility index (Phi) is 10.1. The summed E-state index contributed by atoms with van der Waals surface area (Å²) < 4.78 is 18.4. The number of nitrogens with zero attached hydrogens (tertiary/aromatic N) is 1. The Hall–Kier alpha value is -3.85. The molecule has 11 heteroatoms. The molecule has 0 saturated heterocycles. The number of imide groups is 1. The molecule has 0 saturated carbocycles. The first-order chi connectivity index (χ1) is 17.9. The lowest BCUT2D eigenvalue weighted by Crippen LogP contribution is -2.40. The first kappa shape index (κ1) is 27.7. The average molecular weight is 526 g/mol. The number of unbranched alkanes of at least 4 members (excludes halogenated alkanes) is 1. The van der Waals surface area contributed by atoms with Gasteiger partial charge in [-0.2, -0.15) is 0 Å². The highest BCUT2D eigenvalue weighted by Crippen LogP contribution is 2.24. The highest BCUT2D eigenvalue weighted by atomic mass is 32.2. The molecule has 194 valence electrons. The van der Waals surface area contributed by atoms with E-state index in [9.17, 15) is 23.7 Å². The van der Waals surface area contributed by atoms with Crippen LogP contribution in [0.2, 0.25) is 0 Å². The van der Waals surface area contributed by atoms with Gasteiger partial charge in [-0.3, -0.25) is 29.3 Å². The van der Waals surface area contributed by atoms with E-state index in [1.54, 1.807) is 60.9 Å². The average Bonchev–Trinajstić information content (AvgIpc) is 3.15. The number of hydroxylamine groups is 1. The molecule has 0 spiro atoms. The zero-order valence-corrected chi connectivity index (χ0v) is 21.0. The molecular formula is C26H27N3O7S. The van der Waals surface area contributed by atoms with Crippen LogP contribution in [0.15, 0.2) is 53.4 Å². The summed E-state index contributed by atoms with van der Waals surface area (Å²) in [5.41, 5.74) is 2.11. The van der Waals surface area contributed by atoms with E-state index in [-0.39, 0.29) is 30.7 Å². The van der Waals surface area contributed by atoms with Crippen LogP contribution in [-0.2, 0) is 20.8 Å². The van der Waals surface area contributed by atoms with Gasteiger partial charge in [0.15, 0.2) is 4.90 Å². The van der Waals surface area contributed by atoms with E-state index in [2.05, 4.69) is 17.2 Å². The van der Waals surface area contributed by atoms with Gasteiger partial charge in [-0.25, -0.2) is 5.48 Å². The highest BCUT2D eigenvalue weighted by Gasteiger charge is 2.36. The van der Waals surface area contributed by atoms with Crippen LogP contribution < -0.4 is 15.5 Å². The molecule has 37 heavy (non-hydrogen) atoms. The number of carbonyl (C=O) groups excluding carboxylic acids is 4. The van der Waals surface area contributed by atoms with Gasteiger partial charge in [-0.15, -0.1) is 5.92 Å². The van der Waals surface area contributed by atoms with Crippen molar-refractivity contribution >= 4 is 34.8 Å². The molecule has 3 rings (SSSR count). The first-order valence-electron chi connectivity index (χ1n) is 11.6. The summed E-state index contributed by atoms with van der Waals surface area (Å²) in [5.74, 6) is 3.75. The molecule has 0 fully saturated rings. The molecule has 0 radical (unpaired) electrons. The lowest BCUT2D eigenvalue weighted by molar-refractivity contribution is -0.129. The SMILES string of the molecule is CC#CCOc1ccc([S+]([O-])C(CCCCNC(=O)CN2C(=O)c3ccccc3C2=O)C(=O)NO)cc1. The van der Waals surface area contributed by atoms with Crippen molar-refractivity contribution in [1.82, 2.24) is 15.7 Å². The van der Waals surface area contributed by atoms with Crippen molar-refractivity contribution in [2.45, 2.75) is 36.3 Å². The van der Waals surface area contributed by atoms with Crippen LogP contribution in [-0.4, -0.2) is 63.2 Å². The minimum absolute atomic E-state index is 0.192. The maximum atomic E-state index is 13.0. The maximum absolute atomic E-state index is 13.0. The summed E-state index contributed by atoms with van der Waals surface area (Å²) >= 11 is -1.74. The highest BCUT2D eigenvalue weighted by molar-refractivity contribution is 7.92. The summed E-state index contributed by atoms with van der Waals surface area (Å²) in [4.78, 5) is 50.5. The lowest BCUT2D eigenvalue weighted by Gasteiger charge is -2.20. The standard InChI is InChI=1S/C26H27N3O7S/c1-2-3-16-36-18-11-13-19(14-12-18)37(35)22(24(31)28-34)10-6-7-15-27-23(30)17-29-25(32)20-8-4-5-9-21(20)26(29)33/h4-5,8-9,11-14,22,34H,6-7,10,15-17H2,1H3,(H,27,30)(H,28,31). The maximum Gasteiger partial charge on any atom is 0.296 e. The van der Waals surface area contributed by atoms with Crippen LogP contribution in [0.5, 0.6) is 5.75 Å². The van der Waals surface area contributed by atoms with Crippen molar-refractivity contribution in [3.05, 3.63) is 59.7 Å². The van der Waals surface area contributed by atoms with E-state index in [1.807, 2.05) is 0 Å². The minimum Gasteiger partial charge on any atom is -0.611 e. The van der Waals surface area contributed by atoms with Crippen LogP contribution in [0.1, 0.15) is 46.9 Å². The van der Waals surface area contributed by atoms with E-state index in [1.165, 1.54) is 0 Å². The number of hydrogen-bond donors (Lipinski definition) is 3. The molecule has 10 nitrogen and oxygen atoms in total. The molecule has 2 unspecified atom stereocenters. The van der Waals surface area contributed by atoms with Crippen molar-refractivity contribution in [1.29, 1.82) is 0 Å². The Morgan fingerprint density at radius 1 is 1.08 bits per heavy atom. The van der Waals surface area contributed by atoms with Crippen molar-refractivity contribution in [3.63, 3.8) is 0 Å². The summed E-state index contributed by atoms with van der Waals surface area (Å²) in [7, 11) is 0. The number of carbonyl (C=O) groups is 4. The van der Waals surface area contributed by atoms with Gasteiger partial charge in [-0.05, 0) is 67.3 Å². The molecule has 4 amide bonds. The van der Waals surface area contributed by atoms with Gasteiger partial charge in [0.2, 0.25) is 11.2 Å². The van der Waals surface area contributed by atoms with Crippen molar-refractivity contribution in [3.8, 4) is 17.6 Å². The number of amides is 4. The zero-order chi connectivity index (χ0) is 26.8. The molecule has 2 aromatic carbocycles. The summed E-state index contributed by atoms with van der Waals surface area (Å²) in [5, 5.41) is 10.7. The molecule has 1 aliphatic rings. The fourth-order valence-electron chi connectivity index (χ4n) is 3.70. The summed E-state index contributed by atoms with van der Waals surface area (Å²) in [6.07, 6.45) is 1.07. The van der Waals surface area contributed by atoms with E-state index in [0.717, 1.165) is 4.90 Å². The van der Waals surface area contributed by atoms with E-state index < -0.39 is 46.6 Å². The van der Waals surface area contributed by atoms with E-state index in [4.69, 9.17) is 9.94 Å². The van der Waals surface area contributed by atoms with E-state index >= 15 is 0 Å². The molecule has 2 atom stereocenters. The van der Waals surface area contributed by atoms with Crippen LogP contribution >= 0.6 is 0 Å². The molecule has 0 aliphatic carbocycles. The molecular weight excluding hydrogens is 498 g/mol. The molecule has 0 bridgehead atoms. The van der Waals surface area contributed by atoms with Crippen LogP contribution in [0.25, 0.3) is 0 Å². The Balaban J connectivity index is 1.45. The van der Waals surface area contributed by atoms with Crippen LogP contribution in [0.3, 0.4) is 0 Å². The third-order valence-electron chi connectivity index (χ3n) is 5.60. The Morgan fingerprint density at radius 3 is 2.32 bits per heavy atom. The topological polar surface area (TPSA) is 148 Å². The summed E-state index contributed by atoms with van der Waals surface area (Å²) in [6.45, 7) is 1.77. The van der Waals surface area contributed by atoms with Gasteiger partial charge in [0.1, 0.15) is 18.9 Å². The number of hydrogen-bond acceptors (Lipinski definition) is 7. The lowest BCUT2D eigenvalue weighted by atomic mass is 10.1. The fraction of sp³-hybridized carbons (Fsp3) is 0.308. The van der Waals surface area contributed by atoms with Crippen molar-refractivity contribution in [2.24, 2.45) is 0 Å². The Bertz CT molecular complexity index is 1170.